The average molecular weight is 356 g/mol. The lowest BCUT2D eigenvalue weighted by Crippen LogP contribution is -2.14. The molecule has 0 unspecified atom stereocenters. The second-order valence-electron chi connectivity index (χ2n) is 5.49. The van der Waals surface area contributed by atoms with Gasteiger partial charge in [0, 0.05) is 17.5 Å². The minimum Gasteiger partial charge on any atom is -0.494 e. The van der Waals surface area contributed by atoms with E-state index in [1.807, 2.05) is 18.2 Å². The zero-order chi connectivity index (χ0) is 17.6. The maximum absolute atomic E-state index is 13.7. The van der Waals surface area contributed by atoms with Crippen molar-refractivity contribution in [1.82, 2.24) is 4.98 Å². The van der Waals surface area contributed by atoms with E-state index in [9.17, 15) is 9.18 Å². The van der Waals surface area contributed by atoms with Gasteiger partial charge < -0.3 is 10.1 Å². The third-order valence-electron chi connectivity index (χ3n) is 3.60. The van der Waals surface area contributed by atoms with Crippen LogP contribution in [0.4, 0.5) is 9.52 Å². The summed E-state index contributed by atoms with van der Waals surface area (Å²) in [5, 5.41) is 3.31. The fraction of sp³-hybridized carbons (Fsp3) is 0.158. The molecule has 3 rings (SSSR count). The van der Waals surface area contributed by atoms with Crippen molar-refractivity contribution in [3.63, 3.8) is 0 Å². The molecular formula is C19H17FN2O2S. The van der Waals surface area contributed by atoms with E-state index < -0.39 is 5.82 Å². The number of carbonyl (C=O) groups is 1. The summed E-state index contributed by atoms with van der Waals surface area (Å²) in [6, 6.07) is 14.6. The molecule has 1 aromatic heterocycles. The molecule has 0 saturated heterocycles. The molecule has 4 nitrogen and oxygen atoms in total. The number of anilines is 1. The summed E-state index contributed by atoms with van der Waals surface area (Å²) in [7, 11) is 1.40. The number of thiazole rings is 1. The molecule has 0 bridgehead atoms. The number of carbonyl (C=O) groups excluding carboxylic acids is 1. The van der Waals surface area contributed by atoms with E-state index in [0.717, 1.165) is 11.3 Å². The SMILES string of the molecule is COc1ccc(CC(=O)Nc2ncc(Cc3ccccc3)s2)cc1F. The van der Waals surface area contributed by atoms with Gasteiger partial charge in [-0.25, -0.2) is 9.37 Å². The molecule has 0 aliphatic heterocycles. The summed E-state index contributed by atoms with van der Waals surface area (Å²) in [5.41, 5.74) is 1.77. The van der Waals surface area contributed by atoms with Gasteiger partial charge in [-0.2, -0.15) is 0 Å². The highest BCUT2D eigenvalue weighted by atomic mass is 32.1. The Labute approximate surface area is 149 Å². The molecule has 0 atom stereocenters. The minimum atomic E-state index is -0.479. The van der Waals surface area contributed by atoms with Gasteiger partial charge in [-0.05, 0) is 23.3 Å². The third-order valence-corrected chi connectivity index (χ3v) is 4.51. The van der Waals surface area contributed by atoms with Crippen LogP contribution in [0.5, 0.6) is 5.75 Å². The summed E-state index contributed by atoms with van der Waals surface area (Å²) in [6.07, 6.45) is 2.62. The van der Waals surface area contributed by atoms with Crippen molar-refractivity contribution in [2.45, 2.75) is 12.8 Å². The Morgan fingerprint density at radius 1 is 1.20 bits per heavy atom. The zero-order valence-electron chi connectivity index (χ0n) is 13.7. The van der Waals surface area contributed by atoms with Crippen LogP contribution < -0.4 is 10.1 Å². The van der Waals surface area contributed by atoms with Crippen LogP contribution in [-0.4, -0.2) is 18.0 Å². The Kier molecular flexibility index (Phi) is 5.40. The molecule has 1 amide bonds. The molecule has 3 aromatic rings. The van der Waals surface area contributed by atoms with Crippen LogP contribution in [0.25, 0.3) is 0 Å². The summed E-state index contributed by atoms with van der Waals surface area (Å²) in [5.74, 6) is -0.549. The molecule has 0 aliphatic carbocycles. The van der Waals surface area contributed by atoms with E-state index in [2.05, 4.69) is 22.4 Å². The van der Waals surface area contributed by atoms with Gasteiger partial charge in [0.1, 0.15) is 0 Å². The number of ether oxygens (including phenoxy) is 1. The van der Waals surface area contributed by atoms with Crippen LogP contribution in [0.3, 0.4) is 0 Å². The zero-order valence-corrected chi connectivity index (χ0v) is 14.5. The van der Waals surface area contributed by atoms with Crippen LogP contribution in [0, 0.1) is 5.82 Å². The van der Waals surface area contributed by atoms with Crippen molar-refractivity contribution in [3.8, 4) is 5.75 Å². The lowest BCUT2D eigenvalue weighted by Gasteiger charge is -2.05. The van der Waals surface area contributed by atoms with Gasteiger partial charge in [-0.1, -0.05) is 36.4 Å². The Morgan fingerprint density at radius 2 is 2.00 bits per heavy atom. The largest absolute Gasteiger partial charge is 0.494 e. The number of amides is 1. The van der Waals surface area contributed by atoms with E-state index in [4.69, 9.17) is 4.74 Å². The molecule has 0 aliphatic rings. The summed E-state index contributed by atoms with van der Waals surface area (Å²) < 4.78 is 18.5. The monoisotopic (exact) mass is 356 g/mol. The second-order valence-corrected chi connectivity index (χ2v) is 6.60. The highest BCUT2D eigenvalue weighted by Crippen LogP contribution is 2.22. The van der Waals surface area contributed by atoms with Gasteiger partial charge in [0.05, 0.1) is 13.5 Å². The fourth-order valence-electron chi connectivity index (χ4n) is 2.41. The first-order valence-corrected chi connectivity index (χ1v) is 8.56. The van der Waals surface area contributed by atoms with Crippen LogP contribution in [0.2, 0.25) is 0 Å². The summed E-state index contributed by atoms with van der Waals surface area (Å²) in [4.78, 5) is 17.4. The predicted molar refractivity (Wildman–Crippen MR) is 96.6 cm³/mol. The first-order chi connectivity index (χ1) is 12.1. The molecule has 1 heterocycles. The van der Waals surface area contributed by atoms with E-state index in [-0.39, 0.29) is 18.1 Å². The number of benzene rings is 2. The maximum atomic E-state index is 13.7. The van der Waals surface area contributed by atoms with Crippen LogP contribution in [-0.2, 0) is 17.6 Å². The Hall–Kier alpha value is -2.73. The molecule has 0 fully saturated rings. The van der Waals surface area contributed by atoms with Gasteiger partial charge in [-0.15, -0.1) is 11.3 Å². The highest BCUT2D eigenvalue weighted by Gasteiger charge is 2.10. The number of aromatic nitrogens is 1. The normalized spacial score (nSPS) is 10.5. The van der Waals surface area contributed by atoms with E-state index in [1.54, 1.807) is 12.3 Å². The van der Waals surface area contributed by atoms with Crippen LogP contribution in [0.15, 0.2) is 54.7 Å². The lowest BCUT2D eigenvalue weighted by atomic mass is 10.1. The number of hydrogen-bond acceptors (Lipinski definition) is 4. The lowest BCUT2D eigenvalue weighted by molar-refractivity contribution is -0.115. The number of hydrogen-bond donors (Lipinski definition) is 1. The van der Waals surface area contributed by atoms with Gasteiger partial charge in [0.15, 0.2) is 16.7 Å². The van der Waals surface area contributed by atoms with Crippen molar-refractivity contribution in [2.75, 3.05) is 12.4 Å². The molecule has 2 aromatic carbocycles. The number of nitrogens with one attached hydrogen (secondary N) is 1. The quantitative estimate of drug-likeness (QED) is 0.724. The number of rotatable bonds is 6. The Balaban J connectivity index is 1.59. The topological polar surface area (TPSA) is 51.2 Å². The molecule has 25 heavy (non-hydrogen) atoms. The standard InChI is InChI=1S/C19H17FN2O2S/c1-24-17-8-7-14(10-16(17)20)11-18(23)22-19-21-12-15(25-19)9-13-5-3-2-4-6-13/h2-8,10,12H,9,11H2,1H3,(H,21,22,23). The van der Waals surface area contributed by atoms with Crippen LogP contribution >= 0.6 is 11.3 Å². The molecule has 0 spiro atoms. The molecule has 0 radical (unpaired) electrons. The van der Waals surface area contributed by atoms with E-state index in [0.29, 0.717) is 10.7 Å². The van der Waals surface area contributed by atoms with Gasteiger partial charge >= 0.3 is 0 Å². The molecule has 128 valence electrons. The number of halogens is 1. The average Bonchev–Trinajstić information content (AvgIpc) is 3.02. The smallest absolute Gasteiger partial charge is 0.230 e. The summed E-state index contributed by atoms with van der Waals surface area (Å²) in [6.45, 7) is 0. The van der Waals surface area contributed by atoms with Gasteiger partial charge in [0.2, 0.25) is 5.91 Å². The van der Waals surface area contributed by atoms with Crippen molar-refractivity contribution in [3.05, 3.63) is 76.5 Å². The van der Waals surface area contributed by atoms with E-state index in [1.165, 1.54) is 36.1 Å². The third kappa shape index (κ3) is 4.64. The van der Waals surface area contributed by atoms with Crippen molar-refractivity contribution < 1.29 is 13.9 Å². The Bertz CT molecular complexity index is 865. The minimum absolute atomic E-state index is 0.0779. The Morgan fingerprint density at radius 3 is 2.72 bits per heavy atom. The molecule has 6 heteroatoms. The second kappa shape index (κ2) is 7.90. The van der Waals surface area contributed by atoms with Crippen LogP contribution in [0.1, 0.15) is 16.0 Å². The first-order valence-electron chi connectivity index (χ1n) is 7.75. The number of methoxy groups -OCH3 is 1. The van der Waals surface area contributed by atoms with Crippen molar-refractivity contribution >= 4 is 22.4 Å². The maximum Gasteiger partial charge on any atom is 0.230 e. The highest BCUT2D eigenvalue weighted by molar-refractivity contribution is 7.15. The first kappa shape index (κ1) is 17.1. The van der Waals surface area contributed by atoms with Gasteiger partial charge in [-0.3, -0.25) is 4.79 Å². The molecule has 1 N–H and O–H groups in total. The predicted octanol–water partition coefficient (Wildman–Crippen LogP) is 4.06. The number of nitrogens with zero attached hydrogens (tertiary/aromatic N) is 1. The van der Waals surface area contributed by atoms with Gasteiger partial charge in [0.25, 0.3) is 0 Å². The fourth-order valence-corrected chi connectivity index (χ4v) is 3.28. The van der Waals surface area contributed by atoms with E-state index >= 15 is 0 Å². The molecular weight excluding hydrogens is 339 g/mol. The summed E-state index contributed by atoms with van der Waals surface area (Å²) >= 11 is 1.44. The van der Waals surface area contributed by atoms with Crippen molar-refractivity contribution in [2.24, 2.45) is 0 Å². The molecule has 0 saturated carbocycles. The van der Waals surface area contributed by atoms with Crippen molar-refractivity contribution in [1.29, 1.82) is 0 Å².